The molecule has 2 aliphatic heterocycles. The van der Waals surface area contributed by atoms with Crippen molar-refractivity contribution in [3.63, 3.8) is 0 Å². The van der Waals surface area contributed by atoms with Crippen LogP contribution in [0.3, 0.4) is 0 Å². The van der Waals surface area contributed by atoms with E-state index in [1.807, 2.05) is 4.90 Å². The number of nitro groups is 1. The number of carbonyl (C=O) groups is 1. The summed E-state index contributed by atoms with van der Waals surface area (Å²) < 4.78 is 67.8. The highest BCUT2D eigenvalue weighted by Crippen LogP contribution is 2.38. The van der Waals surface area contributed by atoms with Crippen molar-refractivity contribution in [2.75, 3.05) is 44.3 Å². The molecule has 1 unspecified atom stereocenters. The van der Waals surface area contributed by atoms with E-state index in [-0.39, 0.29) is 17.5 Å². The molecule has 0 N–H and O–H groups in total. The van der Waals surface area contributed by atoms with Crippen LogP contribution in [0.2, 0.25) is 0 Å². The van der Waals surface area contributed by atoms with Crippen molar-refractivity contribution in [1.82, 2.24) is 9.80 Å². The second-order valence-corrected chi connectivity index (χ2v) is 9.43. The van der Waals surface area contributed by atoms with E-state index in [4.69, 9.17) is 4.74 Å². The highest BCUT2D eigenvalue weighted by molar-refractivity contribution is 7.91. The average Bonchev–Trinajstić information content (AvgIpc) is 3.05. The number of amides is 1. The first-order valence-electron chi connectivity index (χ1n) is 9.17. The highest BCUT2D eigenvalue weighted by Gasteiger charge is 2.37. The Balaban J connectivity index is 1.57. The van der Waals surface area contributed by atoms with Crippen molar-refractivity contribution in [1.29, 1.82) is 0 Å². The minimum Gasteiger partial charge on any atom is -0.483 e. The summed E-state index contributed by atoms with van der Waals surface area (Å²) in [6.45, 7) is 0.920. The Morgan fingerprint density at radius 1 is 1.23 bits per heavy atom. The van der Waals surface area contributed by atoms with Crippen LogP contribution in [-0.4, -0.2) is 79.4 Å². The lowest BCUT2D eigenvalue weighted by molar-refractivity contribution is -0.385. The molecule has 0 spiro atoms. The summed E-state index contributed by atoms with van der Waals surface area (Å²) >= 11 is 0. The van der Waals surface area contributed by atoms with Crippen LogP contribution in [0, 0.1) is 10.1 Å². The molecule has 0 aromatic heterocycles. The number of hydrogen-bond donors (Lipinski definition) is 0. The zero-order valence-corrected chi connectivity index (χ0v) is 16.6. The van der Waals surface area contributed by atoms with Crippen LogP contribution in [0.25, 0.3) is 0 Å². The van der Waals surface area contributed by atoms with Gasteiger partial charge in [0.15, 0.2) is 16.4 Å². The first-order chi connectivity index (χ1) is 14.0. The normalized spacial score (nSPS) is 22.1. The van der Waals surface area contributed by atoms with Crippen LogP contribution >= 0.6 is 0 Å². The molecule has 3 rings (SSSR count). The van der Waals surface area contributed by atoms with Gasteiger partial charge >= 0.3 is 6.18 Å². The third-order valence-electron chi connectivity index (χ3n) is 5.22. The van der Waals surface area contributed by atoms with E-state index in [1.54, 1.807) is 0 Å². The van der Waals surface area contributed by atoms with E-state index in [1.165, 1.54) is 4.90 Å². The Morgan fingerprint density at radius 3 is 2.43 bits per heavy atom. The first-order valence-corrected chi connectivity index (χ1v) is 11.0. The molecule has 2 saturated heterocycles. The number of rotatable bonds is 5. The molecule has 1 aromatic rings. The van der Waals surface area contributed by atoms with E-state index in [2.05, 4.69) is 0 Å². The first kappa shape index (κ1) is 22.3. The standard InChI is InChI=1S/C17H20F3N3O6S/c18-17(19,20)14-9-12(23(25)26)1-2-15(14)29-10-16(24)22-6-4-21(5-7-22)13-3-8-30(27,28)11-13/h1-2,9,13H,3-8,10-11H2. The Hall–Kier alpha value is -2.41. The fourth-order valence-electron chi connectivity index (χ4n) is 3.61. The second-order valence-electron chi connectivity index (χ2n) is 7.20. The van der Waals surface area contributed by atoms with Crippen molar-refractivity contribution in [2.24, 2.45) is 0 Å². The number of nitro benzene ring substituents is 1. The quantitative estimate of drug-likeness (QED) is 0.491. The van der Waals surface area contributed by atoms with Gasteiger partial charge in [0, 0.05) is 44.4 Å². The summed E-state index contributed by atoms with van der Waals surface area (Å²) in [7, 11) is -3.01. The van der Waals surface area contributed by atoms with Gasteiger partial charge in [0.1, 0.15) is 11.3 Å². The van der Waals surface area contributed by atoms with Gasteiger partial charge in [-0.1, -0.05) is 0 Å². The van der Waals surface area contributed by atoms with Gasteiger partial charge in [-0.25, -0.2) is 8.42 Å². The molecule has 0 bridgehead atoms. The van der Waals surface area contributed by atoms with Gasteiger partial charge in [0.05, 0.1) is 16.4 Å². The fourth-order valence-corrected chi connectivity index (χ4v) is 5.37. The summed E-state index contributed by atoms with van der Waals surface area (Å²) in [6.07, 6.45) is -4.32. The van der Waals surface area contributed by atoms with Crippen molar-refractivity contribution in [3.8, 4) is 5.75 Å². The molecule has 30 heavy (non-hydrogen) atoms. The monoisotopic (exact) mass is 451 g/mol. The van der Waals surface area contributed by atoms with Crippen LogP contribution in [0.4, 0.5) is 18.9 Å². The van der Waals surface area contributed by atoms with Crippen molar-refractivity contribution in [2.45, 2.75) is 18.6 Å². The lowest BCUT2D eigenvalue weighted by Gasteiger charge is -2.37. The van der Waals surface area contributed by atoms with Gasteiger partial charge in [0.25, 0.3) is 11.6 Å². The summed E-state index contributed by atoms with van der Waals surface area (Å²) in [6, 6.07) is 2.00. The van der Waals surface area contributed by atoms with Crippen molar-refractivity contribution >= 4 is 21.4 Å². The number of halogens is 3. The van der Waals surface area contributed by atoms with Gasteiger partial charge in [-0.15, -0.1) is 0 Å². The molecule has 2 fully saturated rings. The minimum absolute atomic E-state index is 0.0713. The summed E-state index contributed by atoms with van der Waals surface area (Å²) in [5, 5.41) is 10.7. The number of piperazine rings is 1. The van der Waals surface area contributed by atoms with Gasteiger partial charge in [-0.05, 0) is 12.5 Å². The maximum Gasteiger partial charge on any atom is 0.420 e. The van der Waals surface area contributed by atoms with Crippen molar-refractivity contribution < 1.29 is 36.0 Å². The van der Waals surface area contributed by atoms with E-state index in [0.717, 1.165) is 12.1 Å². The van der Waals surface area contributed by atoms with Crippen LogP contribution in [0.15, 0.2) is 18.2 Å². The number of benzene rings is 1. The fraction of sp³-hybridized carbons (Fsp3) is 0.588. The minimum atomic E-state index is -4.88. The third-order valence-corrected chi connectivity index (χ3v) is 6.97. The van der Waals surface area contributed by atoms with Crippen molar-refractivity contribution in [3.05, 3.63) is 33.9 Å². The molecule has 166 valence electrons. The lowest BCUT2D eigenvalue weighted by atomic mass is 10.1. The van der Waals surface area contributed by atoms with Gasteiger partial charge in [0.2, 0.25) is 0 Å². The molecule has 1 atom stereocenters. The summed E-state index contributed by atoms with van der Waals surface area (Å²) in [5.41, 5.74) is -2.05. The Labute approximate surface area is 170 Å². The average molecular weight is 451 g/mol. The maximum absolute atomic E-state index is 13.2. The number of carbonyl (C=O) groups excluding carboxylic acids is 1. The SMILES string of the molecule is O=C(COc1ccc([N+](=O)[O-])cc1C(F)(F)F)N1CCN(C2CCS(=O)(=O)C2)CC1. The van der Waals surface area contributed by atoms with Crippen LogP contribution in [0.1, 0.15) is 12.0 Å². The van der Waals surface area contributed by atoms with E-state index in [9.17, 15) is 36.5 Å². The van der Waals surface area contributed by atoms with Crippen LogP contribution in [-0.2, 0) is 20.8 Å². The Morgan fingerprint density at radius 2 is 1.90 bits per heavy atom. The predicted octanol–water partition coefficient (Wildman–Crippen LogP) is 1.32. The zero-order chi connectivity index (χ0) is 22.1. The van der Waals surface area contributed by atoms with Crippen LogP contribution < -0.4 is 4.74 Å². The summed E-state index contributed by atoms with van der Waals surface area (Å²) in [5.74, 6) is -0.914. The predicted molar refractivity (Wildman–Crippen MR) is 98.8 cm³/mol. The molecule has 9 nitrogen and oxygen atoms in total. The van der Waals surface area contributed by atoms with Gasteiger partial charge < -0.3 is 9.64 Å². The Bertz CT molecular complexity index is 929. The number of sulfone groups is 1. The lowest BCUT2D eigenvalue weighted by Crippen LogP contribution is -2.53. The summed E-state index contributed by atoms with van der Waals surface area (Å²) in [4.78, 5) is 25.6. The number of alkyl halides is 3. The number of non-ortho nitro benzene ring substituents is 1. The molecular weight excluding hydrogens is 431 g/mol. The molecule has 13 heteroatoms. The molecule has 1 amide bonds. The molecule has 0 saturated carbocycles. The molecule has 2 aliphatic rings. The van der Waals surface area contributed by atoms with Gasteiger partial charge in [-0.2, -0.15) is 13.2 Å². The van der Waals surface area contributed by atoms with Crippen LogP contribution in [0.5, 0.6) is 5.75 Å². The van der Waals surface area contributed by atoms with E-state index in [0.29, 0.717) is 38.7 Å². The third kappa shape index (κ3) is 5.19. The Kier molecular flexibility index (Phi) is 6.22. The topological polar surface area (TPSA) is 110 Å². The number of nitrogens with zero attached hydrogens (tertiary/aromatic N) is 3. The number of hydrogen-bond acceptors (Lipinski definition) is 7. The molecule has 0 aliphatic carbocycles. The molecule has 1 aromatic carbocycles. The zero-order valence-electron chi connectivity index (χ0n) is 15.8. The second kappa shape index (κ2) is 8.38. The largest absolute Gasteiger partial charge is 0.483 e. The smallest absolute Gasteiger partial charge is 0.420 e. The highest BCUT2D eigenvalue weighted by atomic mass is 32.2. The molecule has 0 radical (unpaired) electrons. The molecular formula is C17H20F3N3O6S. The maximum atomic E-state index is 13.2. The van der Waals surface area contributed by atoms with E-state index >= 15 is 0 Å². The van der Waals surface area contributed by atoms with Gasteiger partial charge in [-0.3, -0.25) is 19.8 Å². The molecule has 2 heterocycles. The number of ether oxygens (including phenoxy) is 1. The van der Waals surface area contributed by atoms with E-state index < -0.39 is 50.5 Å².